The molecule has 2 aliphatic rings. The minimum atomic E-state index is -4.60. The molecule has 4 rings (SSSR count). The molecule has 56 heavy (non-hydrogen) atoms. The van der Waals surface area contributed by atoms with E-state index in [0.29, 0.717) is 53.5 Å². The lowest BCUT2D eigenvalue weighted by Crippen LogP contribution is -2.33. The van der Waals surface area contributed by atoms with Gasteiger partial charge in [0.05, 0.1) is 34.4 Å². The summed E-state index contributed by atoms with van der Waals surface area (Å²) in [6.07, 6.45) is 10.2. The zero-order valence-electron chi connectivity index (χ0n) is 31.3. The molecule has 20 heteroatoms. The van der Waals surface area contributed by atoms with Gasteiger partial charge in [0.25, 0.3) is 40.5 Å². The number of allylic oxidation sites excluding steroid dienone is 5. The van der Waals surface area contributed by atoms with Gasteiger partial charge in [-0.25, -0.2) is 0 Å². The molecular formula is C36H47N2O14S4. The van der Waals surface area contributed by atoms with Gasteiger partial charge in [-0.1, -0.05) is 44.6 Å². The Labute approximate surface area is 328 Å². The summed E-state index contributed by atoms with van der Waals surface area (Å²) < 4.78 is 138. The van der Waals surface area contributed by atoms with E-state index in [2.05, 4.69) is 0 Å². The second-order valence-electron chi connectivity index (χ2n) is 14.3. The Morgan fingerprint density at radius 2 is 1.21 bits per heavy atom. The Kier molecular flexibility index (Phi) is 13.7. The maximum atomic E-state index is 12.2. The molecule has 0 unspecified atom stereocenters. The number of benzene rings is 2. The number of ether oxygens (including phenoxy) is 1. The molecule has 2 aliphatic heterocycles. The van der Waals surface area contributed by atoms with Crippen molar-refractivity contribution in [2.75, 3.05) is 41.5 Å². The van der Waals surface area contributed by atoms with Crippen molar-refractivity contribution < 1.29 is 61.4 Å². The number of unbranched alkanes of at least 4 members (excludes halogenated alkanes) is 1. The lowest BCUT2D eigenvalue weighted by Gasteiger charge is -2.31. The fourth-order valence-electron chi connectivity index (χ4n) is 7.27. The lowest BCUT2D eigenvalue weighted by atomic mass is 9.77. The maximum Gasteiger partial charge on any atom is 0.305 e. The predicted octanol–water partition coefficient (Wildman–Crippen LogP) is 4.87. The number of hydrogen-bond donors (Lipinski definition) is 4. The zero-order chi connectivity index (χ0) is 41.9. The summed E-state index contributed by atoms with van der Waals surface area (Å²) in [5.41, 5.74) is 1.14. The molecular weight excluding hydrogens is 813 g/mol. The van der Waals surface area contributed by atoms with Crippen LogP contribution in [-0.4, -0.2) is 89.6 Å². The van der Waals surface area contributed by atoms with Crippen LogP contribution in [0.5, 0.6) is 0 Å². The van der Waals surface area contributed by atoms with E-state index >= 15 is 0 Å². The molecule has 0 fully saturated rings. The highest BCUT2D eigenvalue weighted by Crippen LogP contribution is 2.52. The van der Waals surface area contributed by atoms with E-state index in [0.717, 1.165) is 0 Å². The van der Waals surface area contributed by atoms with Crippen LogP contribution in [0, 0.1) is 6.04 Å². The molecule has 0 aromatic heterocycles. The van der Waals surface area contributed by atoms with Gasteiger partial charge in [-0.3, -0.25) is 23.0 Å². The summed E-state index contributed by atoms with van der Waals surface area (Å²) in [5.74, 6) is -1.44. The van der Waals surface area contributed by atoms with Crippen LogP contribution >= 0.6 is 0 Å². The van der Waals surface area contributed by atoms with Crippen LogP contribution in [0.25, 0.3) is 0 Å². The summed E-state index contributed by atoms with van der Waals surface area (Å²) in [7, 11) is -16.4. The van der Waals surface area contributed by atoms with Gasteiger partial charge in [-0.2, -0.15) is 33.7 Å². The van der Waals surface area contributed by atoms with E-state index in [4.69, 9.17) is 4.74 Å². The minimum absolute atomic E-state index is 0.0123. The van der Waals surface area contributed by atoms with Gasteiger partial charge in [0.2, 0.25) is 0 Å². The van der Waals surface area contributed by atoms with E-state index in [1.807, 2.05) is 25.7 Å². The average molecular weight is 860 g/mol. The smallest absolute Gasteiger partial charge is 0.305 e. The number of fused-ring (bicyclic) bond motifs is 2. The van der Waals surface area contributed by atoms with Gasteiger partial charge >= 0.3 is 5.97 Å². The summed E-state index contributed by atoms with van der Waals surface area (Å²) in [4.78, 5) is 14.8. The van der Waals surface area contributed by atoms with E-state index in [1.165, 1.54) is 43.5 Å². The van der Waals surface area contributed by atoms with Crippen molar-refractivity contribution >= 4 is 57.8 Å². The van der Waals surface area contributed by atoms with Crippen LogP contribution in [0.3, 0.4) is 0 Å². The summed E-state index contributed by atoms with van der Waals surface area (Å²) >= 11 is 0. The molecule has 0 saturated heterocycles. The fraction of sp³-hybridized carbons (Fsp3) is 0.444. The zero-order valence-corrected chi connectivity index (χ0v) is 34.6. The molecule has 2 aromatic carbocycles. The molecule has 0 saturated carbocycles. The third-order valence-corrected chi connectivity index (χ3v) is 13.3. The van der Waals surface area contributed by atoms with E-state index in [-0.39, 0.29) is 42.1 Å². The summed E-state index contributed by atoms with van der Waals surface area (Å²) in [5, 5.41) is 0. The van der Waals surface area contributed by atoms with E-state index in [9.17, 15) is 56.7 Å². The molecule has 2 aromatic rings. The van der Waals surface area contributed by atoms with Crippen molar-refractivity contribution in [1.29, 1.82) is 0 Å². The molecule has 0 spiro atoms. The second kappa shape index (κ2) is 17.1. The fourth-order valence-corrected chi connectivity index (χ4v) is 9.27. The van der Waals surface area contributed by atoms with E-state index < -0.39 is 68.8 Å². The van der Waals surface area contributed by atoms with Gasteiger partial charge in [0.1, 0.15) is 0 Å². The average Bonchev–Trinajstić information content (AvgIpc) is 3.43. The first-order valence-electron chi connectivity index (χ1n) is 17.5. The third-order valence-electron chi connectivity index (χ3n) is 10.0. The second-order valence-corrected chi connectivity index (χ2v) is 20.3. The third kappa shape index (κ3) is 10.9. The van der Waals surface area contributed by atoms with Gasteiger partial charge < -0.3 is 14.5 Å². The largest absolute Gasteiger partial charge is 0.469 e. The predicted molar refractivity (Wildman–Crippen MR) is 210 cm³/mol. The Hall–Kier alpha value is -3.63. The van der Waals surface area contributed by atoms with Crippen LogP contribution in [0.1, 0.15) is 70.4 Å². The maximum absolute atomic E-state index is 12.2. The highest BCUT2D eigenvalue weighted by molar-refractivity contribution is 7.86. The van der Waals surface area contributed by atoms with E-state index in [1.54, 1.807) is 35.3 Å². The Morgan fingerprint density at radius 3 is 1.73 bits per heavy atom. The number of carbonyl (C=O) groups excluding carboxylic acids is 1. The van der Waals surface area contributed by atoms with Crippen molar-refractivity contribution in [2.45, 2.75) is 79.9 Å². The summed E-state index contributed by atoms with van der Waals surface area (Å²) in [6.45, 7) is 5.79. The number of methoxy groups -OCH3 is 1. The molecule has 1 atom stereocenters. The number of hydrogen-bond acceptors (Lipinski definition) is 12. The normalized spacial score (nSPS) is 19.7. The molecule has 0 bridgehead atoms. The van der Waals surface area contributed by atoms with Crippen LogP contribution in [0.4, 0.5) is 11.4 Å². The first-order valence-corrected chi connectivity index (χ1v) is 23.6. The van der Waals surface area contributed by atoms with Crippen LogP contribution in [0.2, 0.25) is 0 Å². The molecule has 2 heterocycles. The van der Waals surface area contributed by atoms with Crippen molar-refractivity contribution in [2.24, 2.45) is 0 Å². The Morgan fingerprint density at radius 1 is 0.696 bits per heavy atom. The van der Waals surface area contributed by atoms with Gasteiger partial charge in [-0.15, -0.1) is 0 Å². The van der Waals surface area contributed by atoms with Gasteiger partial charge in [0.15, 0.2) is 0 Å². The number of esters is 1. The SMILES string of the molecule is COC(=O)CCCC[C@]1(C)/C(=C/C=C/C=C/[C]2N(CCCS(=O)(=O)O)c3ccc(S(=O)(=O)O)cc3C2(C)C)N(CCCS(=O)(=O)O)c2ccc(S(=O)(=O)O)cc21. The molecule has 309 valence electrons. The van der Waals surface area contributed by atoms with Crippen LogP contribution in [-0.2, 0) is 60.8 Å². The molecule has 0 aliphatic carbocycles. The van der Waals surface area contributed by atoms with Gasteiger partial charge in [-0.05, 0) is 86.2 Å². The number of rotatable bonds is 18. The molecule has 16 nitrogen and oxygen atoms in total. The Balaban J connectivity index is 1.75. The molecule has 4 N–H and O–H groups in total. The number of carbonyl (C=O) groups is 1. The highest BCUT2D eigenvalue weighted by atomic mass is 32.2. The number of anilines is 2. The lowest BCUT2D eigenvalue weighted by molar-refractivity contribution is -0.140. The molecule has 0 amide bonds. The van der Waals surface area contributed by atoms with Crippen molar-refractivity contribution in [1.82, 2.24) is 0 Å². The molecule has 1 radical (unpaired) electrons. The summed E-state index contributed by atoms with van der Waals surface area (Å²) in [6, 6.07) is 8.89. The number of nitrogens with zero attached hydrogens (tertiary/aromatic N) is 2. The van der Waals surface area contributed by atoms with Crippen molar-refractivity contribution in [3.63, 3.8) is 0 Å². The quantitative estimate of drug-likeness (QED) is 0.0675. The Bertz CT molecular complexity index is 2350. The first-order chi connectivity index (χ1) is 25.8. The standard InChI is InChI=1S/C36H47N2O14S4/c1-35(2)28-24-26(55(46,47)48)15-17-30(28)37(20-10-22-53(40,41)42)32(35)12-6-5-7-13-33-36(3,19-9-8-14-34(39)52-4)29-25-27(56(49,50)51)16-18-31(29)38(33)21-11-23-54(43,44)45/h5-7,12-13,15-18,24-25H,8-11,14,19-23H2,1-4H3,(H,40,41,42)(H,43,44,45)(H,46,47,48)(H,49,50,51)/b7-5+,12-6+,33-13-/t36-/m0/s1. The van der Waals surface area contributed by atoms with Crippen LogP contribution < -0.4 is 9.80 Å². The van der Waals surface area contributed by atoms with Crippen molar-refractivity contribution in [3.05, 3.63) is 89.6 Å². The van der Waals surface area contributed by atoms with Gasteiger partial charge in [0, 0.05) is 47.4 Å². The topological polar surface area (TPSA) is 250 Å². The van der Waals surface area contributed by atoms with Crippen molar-refractivity contribution in [3.8, 4) is 0 Å². The monoisotopic (exact) mass is 859 g/mol. The first kappa shape index (κ1) is 45.1. The van der Waals surface area contributed by atoms with Crippen LogP contribution in [0.15, 0.2) is 82.3 Å². The minimum Gasteiger partial charge on any atom is -0.469 e. The highest BCUT2D eigenvalue weighted by Gasteiger charge is 2.45.